The van der Waals surface area contributed by atoms with Crippen LogP contribution in [0.3, 0.4) is 0 Å². The summed E-state index contributed by atoms with van der Waals surface area (Å²) in [6.07, 6.45) is 0. The molecule has 2 amide bonds. The van der Waals surface area contributed by atoms with Crippen molar-refractivity contribution in [1.29, 1.82) is 0 Å². The molecule has 0 bridgehead atoms. The Kier molecular flexibility index (Phi) is 1.98. The molecule has 1 unspecified atom stereocenters. The van der Waals surface area contributed by atoms with Gasteiger partial charge in [-0.15, -0.1) is 0 Å². The van der Waals surface area contributed by atoms with Crippen LogP contribution in [-0.2, 0) is 9.59 Å². The maximum absolute atomic E-state index is 11.2. The van der Waals surface area contributed by atoms with Gasteiger partial charge in [-0.2, -0.15) is 0 Å². The van der Waals surface area contributed by atoms with Crippen molar-refractivity contribution in [1.82, 2.24) is 4.90 Å². The highest BCUT2D eigenvalue weighted by atomic mass is 16.2. The van der Waals surface area contributed by atoms with Crippen molar-refractivity contribution < 1.29 is 9.59 Å². The van der Waals surface area contributed by atoms with Gasteiger partial charge in [0, 0.05) is 12.5 Å². The number of imide groups is 1. The Bertz CT molecular complexity index is 198. The second kappa shape index (κ2) is 2.64. The number of nitrogens with zero attached hydrogens (tertiary/aromatic N) is 1. The van der Waals surface area contributed by atoms with Crippen molar-refractivity contribution >= 4 is 11.8 Å². The average molecular weight is 155 g/mol. The molecule has 1 saturated heterocycles. The van der Waals surface area contributed by atoms with Crippen LogP contribution in [0.25, 0.3) is 0 Å². The van der Waals surface area contributed by atoms with Crippen LogP contribution in [0.4, 0.5) is 0 Å². The number of hydrogen-bond donors (Lipinski definition) is 0. The topological polar surface area (TPSA) is 37.4 Å². The molecular weight excluding hydrogens is 142 g/mol. The highest BCUT2D eigenvalue weighted by Crippen LogP contribution is 2.18. The van der Waals surface area contributed by atoms with E-state index in [2.05, 4.69) is 0 Å². The molecule has 0 aromatic heterocycles. The van der Waals surface area contributed by atoms with Crippen molar-refractivity contribution in [3.05, 3.63) is 0 Å². The number of amides is 2. The molecule has 0 N–H and O–H groups in total. The van der Waals surface area contributed by atoms with Crippen molar-refractivity contribution in [2.75, 3.05) is 6.54 Å². The summed E-state index contributed by atoms with van der Waals surface area (Å²) in [5, 5.41) is 0. The summed E-state index contributed by atoms with van der Waals surface area (Å²) in [6.45, 7) is 6.06. The number of carbonyl (C=O) groups excluding carboxylic acids is 2. The molecule has 0 aromatic carbocycles. The van der Waals surface area contributed by atoms with Gasteiger partial charge in [-0.05, 0) is 0 Å². The van der Waals surface area contributed by atoms with Crippen molar-refractivity contribution in [3.63, 3.8) is 0 Å². The number of β-lactam (4-membered cyclic amide) rings is 1. The average Bonchev–Trinajstić information content (AvgIpc) is 1.98. The second-order valence-electron chi connectivity index (χ2n) is 3.34. The minimum absolute atomic E-state index is 0.0244. The summed E-state index contributed by atoms with van der Waals surface area (Å²) in [6, 6.07) is 0. The highest BCUT2D eigenvalue weighted by Gasteiger charge is 2.37. The van der Waals surface area contributed by atoms with E-state index in [0.717, 1.165) is 0 Å². The minimum atomic E-state index is -0.0635. The first kappa shape index (κ1) is 8.24. The Hall–Kier alpha value is -0.860. The maximum atomic E-state index is 11.2. The molecule has 0 saturated carbocycles. The molecule has 1 rings (SSSR count). The smallest absolute Gasteiger partial charge is 0.233 e. The second-order valence-corrected chi connectivity index (χ2v) is 3.34. The van der Waals surface area contributed by atoms with Gasteiger partial charge in [0.05, 0.1) is 5.92 Å². The van der Waals surface area contributed by atoms with Gasteiger partial charge >= 0.3 is 0 Å². The van der Waals surface area contributed by atoms with Gasteiger partial charge in [-0.1, -0.05) is 20.8 Å². The van der Waals surface area contributed by atoms with Crippen molar-refractivity contribution in [2.45, 2.75) is 20.8 Å². The first-order chi connectivity index (χ1) is 5.04. The third-order valence-electron chi connectivity index (χ3n) is 1.90. The quantitative estimate of drug-likeness (QED) is 0.521. The lowest BCUT2D eigenvalue weighted by molar-refractivity contribution is -0.159. The summed E-state index contributed by atoms with van der Waals surface area (Å²) < 4.78 is 0. The molecule has 3 heteroatoms. The SMILES string of the molecule is CC(C)C(=O)N1CC(C)C1=O. The Morgan fingerprint density at radius 1 is 1.64 bits per heavy atom. The maximum Gasteiger partial charge on any atom is 0.233 e. The lowest BCUT2D eigenvalue weighted by atomic mass is 9.99. The number of rotatable bonds is 1. The highest BCUT2D eigenvalue weighted by molar-refractivity contribution is 6.01. The molecular formula is C8H13NO2. The van der Waals surface area contributed by atoms with E-state index in [1.54, 1.807) is 13.8 Å². The van der Waals surface area contributed by atoms with Crippen LogP contribution in [0.1, 0.15) is 20.8 Å². The predicted molar refractivity (Wildman–Crippen MR) is 40.7 cm³/mol. The van der Waals surface area contributed by atoms with E-state index in [0.29, 0.717) is 6.54 Å². The zero-order chi connectivity index (χ0) is 8.59. The fourth-order valence-electron chi connectivity index (χ4n) is 1.11. The lowest BCUT2D eigenvalue weighted by Gasteiger charge is -2.35. The van der Waals surface area contributed by atoms with Gasteiger partial charge in [0.2, 0.25) is 11.8 Å². The van der Waals surface area contributed by atoms with E-state index < -0.39 is 0 Å². The van der Waals surface area contributed by atoms with Crippen LogP contribution in [-0.4, -0.2) is 23.3 Å². The van der Waals surface area contributed by atoms with Crippen LogP contribution in [0, 0.1) is 11.8 Å². The summed E-state index contributed by atoms with van der Waals surface area (Å²) >= 11 is 0. The molecule has 0 radical (unpaired) electrons. The Balaban J connectivity index is 2.53. The normalized spacial score (nSPS) is 23.8. The molecule has 3 nitrogen and oxygen atoms in total. The molecule has 1 fully saturated rings. The van der Waals surface area contributed by atoms with Crippen LogP contribution >= 0.6 is 0 Å². The van der Waals surface area contributed by atoms with E-state index in [-0.39, 0.29) is 23.7 Å². The molecule has 62 valence electrons. The molecule has 1 heterocycles. The van der Waals surface area contributed by atoms with E-state index in [9.17, 15) is 9.59 Å². The summed E-state index contributed by atoms with van der Waals surface area (Å²) in [5.74, 6) is -0.0825. The zero-order valence-corrected chi connectivity index (χ0v) is 7.13. The van der Waals surface area contributed by atoms with Crippen molar-refractivity contribution in [2.24, 2.45) is 11.8 Å². The largest absolute Gasteiger partial charge is 0.281 e. The summed E-state index contributed by atoms with van der Waals surface area (Å²) in [5.41, 5.74) is 0. The third-order valence-corrected chi connectivity index (χ3v) is 1.90. The Morgan fingerprint density at radius 3 is 2.45 bits per heavy atom. The van der Waals surface area contributed by atoms with Gasteiger partial charge in [-0.3, -0.25) is 14.5 Å². The molecule has 0 aromatic rings. The molecule has 1 atom stereocenters. The first-order valence-corrected chi connectivity index (χ1v) is 3.89. The lowest BCUT2D eigenvalue weighted by Crippen LogP contribution is -2.55. The minimum Gasteiger partial charge on any atom is -0.281 e. The van der Waals surface area contributed by atoms with Crippen LogP contribution in [0.15, 0.2) is 0 Å². The number of carbonyl (C=O) groups is 2. The molecule has 11 heavy (non-hydrogen) atoms. The van der Waals surface area contributed by atoms with Gasteiger partial charge < -0.3 is 0 Å². The third kappa shape index (κ3) is 1.27. The fraction of sp³-hybridized carbons (Fsp3) is 0.750. The van der Waals surface area contributed by atoms with Gasteiger partial charge in [0.1, 0.15) is 0 Å². The summed E-state index contributed by atoms with van der Waals surface area (Å²) in [4.78, 5) is 23.5. The Labute approximate surface area is 66.4 Å². The Morgan fingerprint density at radius 2 is 2.18 bits per heavy atom. The summed E-state index contributed by atoms with van der Waals surface area (Å²) in [7, 11) is 0. The van der Waals surface area contributed by atoms with E-state index in [4.69, 9.17) is 0 Å². The molecule has 0 spiro atoms. The van der Waals surface area contributed by atoms with Gasteiger partial charge in [0.25, 0.3) is 0 Å². The predicted octanol–water partition coefficient (Wildman–Crippen LogP) is 0.647. The van der Waals surface area contributed by atoms with Crippen molar-refractivity contribution in [3.8, 4) is 0 Å². The van der Waals surface area contributed by atoms with E-state index in [1.807, 2.05) is 6.92 Å². The standard InChI is InChI=1S/C8H13NO2/c1-5(2)7(10)9-4-6(3)8(9)11/h5-6H,4H2,1-3H3. The number of likely N-dealkylation sites (tertiary alicyclic amines) is 1. The monoisotopic (exact) mass is 155 g/mol. The molecule has 1 aliphatic heterocycles. The molecule has 0 aliphatic carbocycles. The van der Waals surface area contributed by atoms with Crippen LogP contribution in [0.2, 0.25) is 0 Å². The van der Waals surface area contributed by atoms with Gasteiger partial charge in [-0.25, -0.2) is 0 Å². The zero-order valence-electron chi connectivity index (χ0n) is 7.13. The first-order valence-electron chi connectivity index (χ1n) is 3.89. The van der Waals surface area contributed by atoms with E-state index in [1.165, 1.54) is 4.90 Å². The van der Waals surface area contributed by atoms with Crippen LogP contribution < -0.4 is 0 Å². The van der Waals surface area contributed by atoms with E-state index >= 15 is 0 Å². The molecule has 1 aliphatic rings. The van der Waals surface area contributed by atoms with Gasteiger partial charge in [0.15, 0.2) is 0 Å². The fourth-order valence-corrected chi connectivity index (χ4v) is 1.11. The number of hydrogen-bond acceptors (Lipinski definition) is 2. The van der Waals surface area contributed by atoms with Crippen LogP contribution in [0.5, 0.6) is 0 Å².